The number of nitrogens with zero attached hydrogens (tertiary/aromatic N) is 1. The standard InChI is InChI=1S/C17H11NTe/c18-12-13-8-10-15(11-9-13)19-17-7-3-5-14-4-1-2-6-16(14)17/h1-11H. The Morgan fingerprint density at radius 1 is 0.789 bits per heavy atom. The van der Waals surface area contributed by atoms with Crippen molar-refractivity contribution in [3.63, 3.8) is 0 Å². The van der Waals surface area contributed by atoms with Gasteiger partial charge in [-0.3, -0.25) is 0 Å². The minimum absolute atomic E-state index is 0.400. The molecule has 0 radical (unpaired) electrons. The van der Waals surface area contributed by atoms with E-state index in [2.05, 4.69) is 60.7 Å². The Labute approximate surface area is 122 Å². The van der Waals surface area contributed by atoms with Crippen LogP contribution in [0.3, 0.4) is 0 Å². The van der Waals surface area contributed by atoms with E-state index >= 15 is 0 Å². The first-order chi connectivity index (χ1) is 9.36. The monoisotopic (exact) mass is 359 g/mol. The Hall–Kier alpha value is -1.80. The van der Waals surface area contributed by atoms with Crippen molar-refractivity contribution >= 4 is 38.9 Å². The van der Waals surface area contributed by atoms with Crippen molar-refractivity contribution in [3.05, 3.63) is 72.3 Å². The van der Waals surface area contributed by atoms with Crippen LogP contribution < -0.4 is 7.22 Å². The van der Waals surface area contributed by atoms with E-state index < -0.39 is 20.9 Å². The zero-order chi connectivity index (χ0) is 13.1. The van der Waals surface area contributed by atoms with Crippen LogP contribution in [0.25, 0.3) is 10.8 Å². The average Bonchev–Trinajstić information content (AvgIpc) is 2.48. The molecule has 1 nitrogen and oxygen atoms in total. The quantitative estimate of drug-likeness (QED) is 0.647. The molecular formula is C17H11NTe. The summed E-state index contributed by atoms with van der Waals surface area (Å²) in [5, 5.41) is 11.5. The molecule has 90 valence electrons. The molecule has 3 aromatic rings. The maximum atomic E-state index is 8.82. The molecule has 2 heteroatoms. The molecule has 0 aliphatic heterocycles. The van der Waals surface area contributed by atoms with Gasteiger partial charge in [-0.05, 0) is 0 Å². The first-order valence-corrected chi connectivity index (χ1v) is 8.35. The summed E-state index contributed by atoms with van der Waals surface area (Å²) >= 11 is -0.400. The summed E-state index contributed by atoms with van der Waals surface area (Å²) in [5.41, 5.74) is 0.731. The zero-order valence-electron chi connectivity index (χ0n) is 10.2. The summed E-state index contributed by atoms with van der Waals surface area (Å²) in [4.78, 5) is 0. The fourth-order valence-electron chi connectivity index (χ4n) is 2.01. The molecule has 0 saturated heterocycles. The van der Waals surface area contributed by atoms with E-state index in [0.29, 0.717) is 0 Å². The second-order valence-electron chi connectivity index (χ2n) is 4.22. The molecular weight excluding hydrogens is 346 g/mol. The molecule has 0 amide bonds. The Balaban J connectivity index is 1.99. The van der Waals surface area contributed by atoms with Gasteiger partial charge < -0.3 is 0 Å². The van der Waals surface area contributed by atoms with Gasteiger partial charge in [0.05, 0.1) is 0 Å². The van der Waals surface area contributed by atoms with E-state index in [-0.39, 0.29) is 0 Å². The summed E-state index contributed by atoms with van der Waals surface area (Å²) in [6.07, 6.45) is 0. The predicted molar refractivity (Wildman–Crippen MR) is 80.1 cm³/mol. The number of hydrogen-bond acceptors (Lipinski definition) is 1. The Kier molecular flexibility index (Phi) is 3.51. The third-order valence-electron chi connectivity index (χ3n) is 2.96. The van der Waals surface area contributed by atoms with Gasteiger partial charge in [-0.15, -0.1) is 0 Å². The molecule has 3 aromatic carbocycles. The Morgan fingerprint density at radius 2 is 1.53 bits per heavy atom. The number of rotatable bonds is 2. The first-order valence-electron chi connectivity index (χ1n) is 6.02. The second-order valence-corrected chi connectivity index (χ2v) is 7.40. The van der Waals surface area contributed by atoms with Gasteiger partial charge >= 0.3 is 123 Å². The van der Waals surface area contributed by atoms with Crippen molar-refractivity contribution in [2.24, 2.45) is 0 Å². The van der Waals surface area contributed by atoms with Crippen LogP contribution in [0.1, 0.15) is 5.56 Å². The van der Waals surface area contributed by atoms with Crippen molar-refractivity contribution in [1.82, 2.24) is 0 Å². The number of hydrogen-bond donors (Lipinski definition) is 0. The molecule has 3 rings (SSSR count). The molecule has 0 unspecified atom stereocenters. The summed E-state index contributed by atoms with van der Waals surface area (Å²) in [5.74, 6) is 0. The Bertz CT molecular complexity index is 749. The summed E-state index contributed by atoms with van der Waals surface area (Å²) in [7, 11) is 0. The molecule has 0 N–H and O–H groups in total. The second kappa shape index (κ2) is 5.45. The first kappa shape index (κ1) is 12.2. The minimum atomic E-state index is -0.400. The van der Waals surface area contributed by atoms with Crippen LogP contribution in [-0.4, -0.2) is 20.9 Å². The van der Waals surface area contributed by atoms with Gasteiger partial charge in [-0.2, -0.15) is 0 Å². The third kappa shape index (κ3) is 2.64. The van der Waals surface area contributed by atoms with Gasteiger partial charge in [0.15, 0.2) is 0 Å². The molecule has 0 aromatic heterocycles. The summed E-state index contributed by atoms with van der Waals surface area (Å²) in [6, 6.07) is 25.2. The van der Waals surface area contributed by atoms with Crippen molar-refractivity contribution in [1.29, 1.82) is 5.26 Å². The van der Waals surface area contributed by atoms with Crippen LogP contribution in [0.15, 0.2) is 66.7 Å². The molecule has 0 heterocycles. The summed E-state index contributed by atoms with van der Waals surface area (Å²) < 4.78 is 2.81. The van der Waals surface area contributed by atoms with E-state index in [1.165, 1.54) is 18.0 Å². The fraction of sp³-hybridized carbons (Fsp3) is 0. The van der Waals surface area contributed by atoms with Crippen molar-refractivity contribution in [3.8, 4) is 6.07 Å². The molecule has 0 bridgehead atoms. The van der Waals surface area contributed by atoms with Crippen molar-refractivity contribution in [2.45, 2.75) is 0 Å². The van der Waals surface area contributed by atoms with Crippen LogP contribution in [-0.2, 0) is 0 Å². The van der Waals surface area contributed by atoms with E-state index in [1.807, 2.05) is 12.1 Å². The molecule has 0 atom stereocenters. The van der Waals surface area contributed by atoms with Gasteiger partial charge in [0.25, 0.3) is 0 Å². The third-order valence-corrected chi connectivity index (χ3v) is 6.05. The van der Waals surface area contributed by atoms with E-state index in [1.54, 1.807) is 0 Å². The number of benzene rings is 3. The molecule has 0 aliphatic carbocycles. The van der Waals surface area contributed by atoms with Crippen LogP contribution in [0.2, 0.25) is 0 Å². The van der Waals surface area contributed by atoms with Crippen LogP contribution in [0.4, 0.5) is 0 Å². The Morgan fingerprint density at radius 3 is 2.32 bits per heavy atom. The molecule has 0 spiro atoms. The van der Waals surface area contributed by atoms with Gasteiger partial charge in [0, 0.05) is 0 Å². The zero-order valence-corrected chi connectivity index (χ0v) is 12.5. The van der Waals surface area contributed by atoms with Crippen LogP contribution >= 0.6 is 0 Å². The predicted octanol–water partition coefficient (Wildman–Crippen LogP) is 2.37. The maximum absolute atomic E-state index is 8.82. The molecule has 19 heavy (non-hydrogen) atoms. The van der Waals surface area contributed by atoms with E-state index in [4.69, 9.17) is 5.26 Å². The fourth-order valence-corrected chi connectivity index (χ4v) is 4.77. The van der Waals surface area contributed by atoms with Crippen molar-refractivity contribution in [2.75, 3.05) is 0 Å². The number of nitriles is 1. The number of fused-ring (bicyclic) bond motifs is 1. The normalized spacial score (nSPS) is 10.3. The van der Waals surface area contributed by atoms with Crippen LogP contribution in [0, 0.1) is 11.3 Å². The molecule has 0 fully saturated rings. The van der Waals surface area contributed by atoms with Crippen molar-refractivity contribution < 1.29 is 0 Å². The van der Waals surface area contributed by atoms with Gasteiger partial charge in [0.1, 0.15) is 0 Å². The SMILES string of the molecule is N#Cc1ccc([Te]c2cccc3ccccc23)cc1. The van der Waals surface area contributed by atoms with Gasteiger partial charge in [-0.1, -0.05) is 0 Å². The summed E-state index contributed by atoms with van der Waals surface area (Å²) in [6.45, 7) is 0. The molecule has 0 saturated carbocycles. The van der Waals surface area contributed by atoms with Crippen LogP contribution in [0.5, 0.6) is 0 Å². The van der Waals surface area contributed by atoms with E-state index in [0.717, 1.165) is 5.56 Å². The topological polar surface area (TPSA) is 23.8 Å². The van der Waals surface area contributed by atoms with Gasteiger partial charge in [-0.25, -0.2) is 0 Å². The molecule has 0 aliphatic rings. The van der Waals surface area contributed by atoms with E-state index in [9.17, 15) is 0 Å². The van der Waals surface area contributed by atoms with Gasteiger partial charge in [0.2, 0.25) is 0 Å². The average molecular weight is 357 g/mol.